The molecule has 12 heteroatoms. The monoisotopic (exact) mass is 585 g/mol. The van der Waals surface area contributed by atoms with E-state index < -0.39 is 58.0 Å². The molecule has 5 rings (SSSR count). The number of Topliss-reactive ketones (excluding diaryl/α,β-unsaturated/α-hetero) is 2. The molecule has 1 aromatic carbocycles. The molecular formula is C30H39N3O9. The molecule has 12 nitrogen and oxygen atoms in total. The van der Waals surface area contributed by atoms with Crippen LogP contribution in [0.2, 0.25) is 0 Å². The van der Waals surface area contributed by atoms with E-state index in [9.17, 15) is 34.8 Å². The van der Waals surface area contributed by atoms with E-state index in [1.807, 2.05) is 0 Å². The van der Waals surface area contributed by atoms with Gasteiger partial charge in [-0.1, -0.05) is 0 Å². The molecule has 1 saturated carbocycles. The van der Waals surface area contributed by atoms with Crippen LogP contribution < -0.4 is 10.5 Å². The summed E-state index contributed by atoms with van der Waals surface area (Å²) in [6.45, 7) is 2.94. The van der Waals surface area contributed by atoms with Crippen LogP contribution >= 0.6 is 0 Å². The SMILES string of the molecule is COCC1CCN(Cc2cc(O)c3c(c2OC)C[C@H]2C[C@H]4[C@H](N(C)C)C(=O)C(C(N)=O)=C(O)[C@@]4(O)C(=O)C2=C3O)CC1. The number of primary amides is 1. The number of nitrogens with two attached hydrogens (primary N) is 1. The van der Waals surface area contributed by atoms with Crippen LogP contribution in [-0.2, 0) is 32.1 Å². The number of ketones is 2. The van der Waals surface area contributed by atoms with Crippen molar-refractivity contribution in [3.63, 3.8) is 0 Å². The fourth-order valence-corrected chi connectivity index (χ4v) is 7.52. The van der Waals surface area contributed by atoms with Gasteiger partial charge < -0.3 is 35.6 Å². The van der Waals surface area contributed by atoms with Gasteiger partial charge in [-0.25, -0.2) is 0 Å². The number of aliphatic hydroxyl groups is 3. The number of hydrogen-bond acceptors (Lipinski definition) is 11. The minimum absolute atomic E-state index is 0.0192. The summed E-state index contributed by atoms with van der Waals surface area (Å²) in [6, 6.07) is 0.384. The van der Waals surface area contributed by atoms with E-state index in [0.717, 1.165) is 38.1 Å². The number of carbonyl (C=O) groups excluding carboxylic acids is 3. The number of ether oxygens (including phenoxy) is 2. The Balaban J connectivity index is 1.57. The summed E-state index contributed by atoms with van der Waals surface area (Å²) in [6.07, 6.45) is 2.17. The molecule has 1 aromatic rings. The molecule has 0 radical (unpaired) electrons. The van der Waals surface area contributed by atoms with Crippen LogP contribution in [0.3, 0.4) is 0 Å². The zero-order chi connectivity index (χ0) is 30.7. The summed E-state index contributed by atoms with van der Waals surface area (Å²) in [5.41, 5.74) is 2.96. The predicted molar refractivity (Wildman–Crippen MR) is 151 cm³/mol. The van der Waals surface area contributed by atoms with Crippen molar-refractivity contribution < 1.29 is 44.3 Å². The highest BCUT2D eigenvalue weighted by Gasteiger charge is 2.64. The Morgan fingerprint density at radius 2 is 1.83 bits per heavy atom. The van der Waals surface area contributed by atoms with E-state index in [4.69, 9.17) is 15.2 Å². The third-order valence-corrected chi connectivity index (χ3v) is 9.46. The van der Waals surface area contributed by atoms with Crippen molar-refractivity contribution in [2.24, 2.45) is 23.5 Å². The fourth-order valence-electron chi connectivity index (χ4n) is 7.52. The zero-order valence-electron chi connectivity index (χ0n) is 24.3. The molecule has 4 atom stereocenters. The van der Waals surface area contributed by atoms with Crippen LogP contribution in [0.25, 0.3) is 5.76 Å². The standard InChI is InChI=1S/C30H39N3O9/c1-32(2)23-18-10-15-9-17-21(24(35)20(15)27(37)30(18,40)28(38)22(25(23)36)29(31)39)19(34)11-16(26(17)42-4)12-33-7-5-14(6-8-33)13-41-3/h11,14-15,18,23,34-35,38,40H,5-10,12-13H2,1-4H3,(H2,31,39)/t15-,18-,23-,30-/m0/s1. The van der Waals surface area contributed by atoms with Crippen molar-refractivity contribution in [2.75, 3.05) is 48.0 Å². The number of fused-ring (bicyclic) bond motifs is 3. The van der Waals surface area contributed by atoms with Gasteiger partial charge in [0.05, 0.1) is 18.7 Å². The first-order chi connectivity index (χ1) is 19.9. The number of carbonyl (C=O) groups is 3. The summed E-state index contributed by atoms with van der Waals surface area (Å²) < 4.78 is 11.1. The summed E-state index contributed by atoms with van der Waals surface area (Å²) in [4.78, 5) is 43.1. The molecule has 1 saturated heterocycles. The second kappa shape index (κ2) is 11.0. The van der Waals surface area contributed by atoms with Gasteiger partial charge in [-0.15, -0.1) is 0 Å². The normalized spacial score (nSPS) is 28.6. The van der Waals surface area contributed by atoms with Gasteiger partial charge in [-0.2, -0.15) is 0 Å². The van der Waals surface area contributed by atoms with E-state index in [1.165, 1.54) is 18.1 Å². The van der Waals surface area contributed by atoms with Crippen molar-refractivity contribution in [1.82, 2.24) is 9.80 Å². The van der Waals surface area contributed by atoms with Gasteiger partial charge in [0.25, 0.3) is 5.91 Å². The molecule has 0 aromatic heterocycles. The molecule has 3 aliphatic carbocycles. The topological polar surface area (TPSA) is 183 Å². The number of aliphatic hydroxyl groups excluding tert-OH is 2. The van der Waals surface area contributed by atoms with E-state index in [0.29, 0.717) is 23.8 Å². The van der Waals surface area contributed by atoms with Crippen molar-refractivity contribution in [3.8, 4) is 11.5 Å². The first kappa shape index (κ1) is 30.0. The third-order valence-electron chi connectivity index (χ3n) is 9.46. The minimum Gasteiger partial charge on any atom is -0.508 e. The highest BCUT2D eigenvalue weighted by atomic mass is 16.5. The van der Waals surface area contributed by atoms with Crippen LogP contribution in [0.4, 0.5) is 0 Å². The smallest absolute Gasteiger partial charge is 0.255 e. The molecular weight excluding hydrogens is 546 g/mol. The van der Waals surface area contributed by atoms with E-state index in [-0.39, 0.29) is 29.7 Å². The van der Waals surface area contributed by atoms with Crippen molar-refractivity contribution in [2.45, 2.75) is 43.9 Å². The van der Waals surface area contributed by atoms with Crippen LogP contribution in [0.5, 0.6) is 11.5 Å². The Morgan fingerprint density at radius 1 is 1.17 bits per heavy atom. The highest BCUT2D eigenvalue weighted by Crippen LogP contribution is 2.54. The van der Waals surface area contributed by atoms with E-state index in [2.05, 4.69) is 4.90 Å². The van der Waals surface area contributed by atoms with Gasteiger partial charge in [0.15, 0.2) is 11.4 Å². The number of methoxy groups -OCH3 is 2. The number of hydrogen-bond donors (Lipinski definition) is 5. The lowest BCUT2D eigenvalue weighted by Gasteiger charge is -2.50. The molecule has 42 heavy (non-hydrogen) atoms. The van der Waals surface area contributed by atoms with Crippen LogP contribution in [0.1, 0.15) is 36.0 Å². The van der Waals surface area contributed by atoms with Crippen molar-refractivity contribution in [1.29, 1.82) is 0 Å². The number of likely N-dealkylation sites (tertiary alicyclic amines) is 1. The average Bonchev–Trinajstić information content (AvgIpc) is 2.91. The van der Waals surface area contributed by atoms with Crippen LogP contribution in [-0.4, -0.2) is 107 Å². The number of rotatable bonds is 7. The summed E-state index contributed by atoms with van der Waals surface area (Å²) in [7, 11) is 6.35. The first-order valence-electron chi connectivity index (χ1n) is 14.1. The number of nitrogens with zero attached hydrogens (tertiary/aromatic N) is 2. The molecule has 0 spiro atoms. The van der Waals surface area contributed by atoms with Gasteiger partial charge in [0.1, 0.15) is 28.6 Å². The number of piperidine rings is 1. The second-order valence-corrected chi connectivity index (χ2v) is 12.1. The Labute approximate surface area is 244 Å². The Kier molecular flexibility index (Phi) is 7.86. The second-order valence-electron chi connectivity index (χ2n) is 12.1. The maximum absolute atomic E-state index is 14.0. The quantitative estimate of drug-likeness (QED) is 0.286. The van der Waals surface area contributed by atoms with Gasteiger partial charge >= 0.3 is 0 Å². The summed E-state index contributed by atoms with van der Waals surface area (Å²) in [5.74, 6) is -5.79. The maximum atomic E-state index is 14.0. The van der Waals surface area contributed by atoms with Crippen molar-refractivity contribution in [3.05, 3.63) is 39.7 Å². The number of phenols is 1. The Morgan fingerprint density at radius 3 is 2.40 bits per heavy atom. The predicted octanol–water partition coefficient (Wildman–Crippen LogP) is 0.831. The number of amides is 1. The minimum atomic E-state index is -2.67. The lowest BCUT2D eigenvalue weighted by molar-refractivity contribution is -0.153. The van der Waals surface area contributed by atoms with Gasteiger partial charge in [-0.05, 0) is 70.8 Å². The molecule has 228 valence electrons. The molecule has 1 aliphatic heterocycles. The van der Waals surface area contributed by atoms with E-state index >= 15 is 0 Å². The zero-order valence-corrected chi connectivity index (χ0v) is 24.3. The lowest BCUT2D eigenvalue weighted by atomic mass is 9.57. The van der Waals surface area contributed by atoms with Gasteiger partial charge in [0, 0.05) is 42.9 Å². The molecule has 1 heterocycles. The number of likely N-dealkylation sites (N-methyl/N-ethyl adjacent to an activating group) is 1. The van der Waals surface area contributed by atoms with Crippen LogP contribution in [0, 0.1) is 17.8 Å². The third kappa shape index (κ3) is 4.48. The fraction of sp³-hybridized carbons (Fsp3) is 0.567. The molecule has 0 bridgehead atoms. The lowest BCUT2D eigenvalue weighted by Crippen LogP contribution is -2.65. The maximum Gasteiger partial charge on any atom is 0.255 e. The number of benzene rings is 1. The molecule has 1 amide bonds. The number of phenolic OH excluding ortho intramolecular Hbond substituents is 1. The summed E-state index contributed by atoms with van der Waals surface area (Å²) >= 11 is 0. The Hall–Kier alpha value is -3.45. The molecule has 0 unspecified atom stereocenters. The van der Waals surface area contributed by atoms with Gasteiger partial charge in [0.2, 0.25) is 5.78 Å². The number of aromatic hydroxyl groups is 1. The highest BCUT2D eigenvalue weighted by molar-refractivity contribution is 6.24. The van der Waals surface area contributed by atoms with Gasteiger partial charge in [-0.3, -0.25) is 24.2 Å². The average molecular weight is 586 g/mol. The van der Waals surface area contributed by atoms with Crippen molar-refractivity contribution >= 4 is 23.2 Å². The summed E-state index contributed by atoms with van der Waals surface area (Å²) in [5, 5.41) is 45.3. The largest absolute Gasteiger partial charge is 0.508 e. The first-order valence-corrected chi connectivity index (χ1v) is 14.1. The van der Waals surface area contributed by atoms with Crippen LogP contribution in [0.15, 0.2) is 23.0 Å². The van der Waals surface area contributed by atoms with E-state index in [1.54, 1.807) is 21.2 Å². The molecule has 6 N–H and O–H groups in total. The molecule has 2 fully saturated rings. The Bertz CT molecular complexity index is 1390. The molecule has 4 aliphatic rings.